The van der Waals surface area contributed by atoms with Crippen molar-refractivity contribution in [1.82, 2.24) is 9.71 Å². The van der Waals surface area contributed by atoms with E-state index in [1.807, 2.05) is 0 Å². The molecule has 1 aliphatic carbocycles. The SMILES string of the molecule is CS(=O)(=O)NCc1nc(NC(=O)Nc2ccccc2C(=O)C2CCCC2)sc1Cl. The van der Waals surface area contributed by atoms with Crippen molar-refractivity contribution in [2.24, 2.45) is 5.92 Å². The van der Waals surface area contributed by atoms with Crippen LogP contribution in [0.5, 0.6) is 0 Å². The Morgan fingerprint density at radius 1 is 1.21 bits per heavy atom. The van der Waals surface area contributed by atoms with Gasteiger partial charge in [-0.1, -0.05) is 47.9 Å². The molecule has 1 heterocycles. The molecular formula is C18H21ClN4O4S2. The molecule has 11 heteroatoms. The van der Waals surface area contributed by atoms with E-state index in [0.717, 1.165) is 43.3 Å². The monoisotopic (exact) mass is 456 g/mol. The van der Waals surface area contributed by atoms with Crippen molar-refractivity contribution in [3.63, 3.8) is 0 Å². The van der Waals surface area contributed by atoms with E-state index in [4.69, 9.17) is 11.6 Å². The Bertz CT molecular complexity index is 1020. The average molecular weight is 457 g/mol. The summed E-state index contributed by atoms with van der Waals surface area (Å²) in [5.41, 5.74) is 1.24. The van der Waals surface area contributed by atoms with E-state index >= 15 is 0 Å². The maximum atomic E-state index is 12.8. The number of carbonyl (C=O) groups is 2. The van der Waals surface area contributed by atoms with Crippen LogP contribution in [0.1, 0.15) is 41.7 Å². The van der Waals surface area contributed by atoms with Gasteiger partial charge in [0.05, 0.1) is 24.2 Å². The minimum absolute atomic E-state index is 0.00341. The Labute approximate surface area is 178 Å². The molecule has 1 saturated carbocycles. The fourth-order valence-corrected chi connectivity index (χ4v) is 4.59. The van der Waals surface area contributed by atoms with Crippen LogP contribution in [0.4, 0.5) is 15.6 Å². The molecule has 156 valence electrons. The Morgan fingerprint density at radius 2 is 1.90 bits per heavy atom. The van der Waals surface area contributed by atoms with Crippen molar-refractivity contribution >= 4 is 55.6 Å². The van der Waals surface area contributed by atoms with Gasteiger partial charge in [0.2, 0.25) is 10.0 Å². The molecule has 1 aliphatic rings. The van der Waals surface area contributed by atoms with E-state index in [-0.39, 0.29) is 27.7 Å². The molecule has 2 aromatic rings. The lowest BCUT2D eigenvalue weighted by atomic mass is 9.95. The first kappa shape index (κ1) is 21.7. The van der Waals surface area contributed by atoms with Crippen molar-refractivity contribution in [3.8, 4) is 0 Å². The standard InChI is InChI=1S/C18H21ClN4O4S2/c1-29(26,27)20-10-14-16(19)28-18(22-14)23-17(25)21-13-9-5-4-8-12(13)15(24)11-6-2-3-7-11/h4-5,8-9,11,20H,2-3,6-7,10H2,1H3,(H2,21,22,23,25). The third kappa shape index (κ3) is 5.99. The molecule has 0 saturated heterocycles. The molecule has 29 heavy (non-hydrogen) atoms. The highest BCUT2D eigenvalue weighted by molar-refractivity contribution is 7.88. The molecule has 0 radical (unpaired) electrons. The number of nitrogens with zero attached hydrogens (tertiary/aromatic N) is 1. The van der Waals surface area contributed by atoms with Crippen molar-refractivity contribution in [2.75, 3.05) is 16.9 Å². The number of hydrogen-bond donors (Lipinski definition) is 3. The van der Waals surface area contributed by atoms with Crippen LogP contribution in [0, 0.1) is 5.92 Å². The van der Waals surface area contributed by atoms with Crippen LogP contribution in [0.3, 0.4) is 0 Å². The number of Topliss-reactive ketones (excluding diaryl/α,β-unsaturated/α-hetero) is 1. The predicted octanol–water partition coefficient (Wildman–Crippen LogP) is 3.86. The number of aromatic nitrogens is 1. The molecule has 1 aromatic carbocycles. The molecule has 0 spiro atoms. The van der Waals surface area contributed by atoms with Crippen LogP contribution in [0.15, 0.2) is 24.3 Å². The lowest BCUT2D eigenvalue weighted by molar-refractivity contribution is 0.0923. The van der Waals surface area contributed by atoms with Crippen LogP contribution >= 0.6 is 22.9 Å². The van der Waals surface area contributed by atoms with Gasteiger partial charge in [0.25, 0.3) is 0 Å². The summed E-state index contributed by atoms with van der Waals surface area (Å²) in [5, 5.41) is 5.48. The molecule has 1 fully saturated rings. The highest BCUT2D eigenvalue weighted by Gasteiger charge is 2.26. The summed E-state index contributed by atoms with van der Waals surface area (Å²) in [6.45, 7) is -0.0732. The van der Waals surface area contributed by atoms with Crippen LogP contribution < -0.4 is 15.4 Å². The Hall–Kier alpha value is -2.01. The number of urea groups is 1. The number of rotatable bonds is 7. The van der Waals surface area contributed by atoms with Crippen molar-refractivity contribution in [3.05, 3.63) is 39.9 Å². The number of anilines is 2. The summed E-state index contributed by atoms with van der Waals surface area (Å²) in [5.74, 6) is 0.0495. The minimum Gasteiger partial charge on any atom is -0.307 e. The van der Waals surface area contributed by atoms with Crippen molar-refractivity contribution in [1.29, 1.82) is 0 Å². The van der Waals surface area contributed by atoms with E-state index in [0.29, 0.717) is 16.9 Å². The zero-order valence-corrected chi connectivity index (χ0v) is 18.1. The molecule has 3 N–H and O–H groups in total. The number of thiazole rings is 1. The number of halogens is 1. The number of nitrogens with one attached hydrogen (secondary N) is 3. The summed E-state index contributed by atoms with van der Waals surface area (Å²) >= 11 is 7.08. The maximum Gasteiger partial charge on any atom is 0.325 e. The van der Waals surface area contributed by atoms with Gasteiger partial charge in [-0.15, -0.1) is 0 Å². The predicted molar refractivity (Wildman–Crippen MR) is 114 cm³/mol. The zero-order valence-electron chi connectivity index (χ0n) is 15.7. The average Bonchev–Trinajstić information content (AvgIpc) is 3.29. The maximum absolute atomic E-state index is 12.8. The summed E-state index contributed by atoms with van der Waals surface area (Å²) in [7, 11) is -3.39. The van der Waals surface area contributed by atoms with Gasteiger partial charge >= 0.3 is 6.03 Å². The Kier molecular flexibility index (Phi) is 6.89. The normalized spacial score (nSPS) is 14.7. The van der Waals surface area contributed by atoms with Crippen LogP contribution in [-0.4, -0.2) is 31.5 Å². The molecule has 8 nitrogen and oxygen atoms in total. The second kappa shape index (κ2) is 9.21. The first-order valence-corrected chi connectivity index (χ1v) is 12.1. The van der Waals surface area contributed by atoms with Crippen LogP contribution in [-0.2, 0) is 16.6 Å². The molecule has 3 rings (SSSR count). The van der Waals surface area contributed by atoms with Crippen molar-refractivity contribution < 1.29 is 18.0 Å². The van der Waals surface area contributed by atoms with E-state index in [2.05, 4.69) is 20.3 Å². The van der Waals surface area contributed by atoms with Gasteiger partial charge in [0.1, 0.15) is 4.34 Å². The van der Waals surface area contributed by atoms with Gasteiger partial charge in [-0.3, -0.25) is 10.1 Å². The summed E-state index contributed by atoms with van der Waals surface area (Å²) < 4.78 is 25.0. The number of para-hydroxylation sites is 1. The van der Waals surface area contributed by atoms with E-state index in [1.54, 1.807) is 24.3 Å². The highest BCUT2D eigenvalue weighted by Crippen LogP contribution is 2.31. The quantitative estimate of drug-likeness (QED) is 0.547. The van der Waals surface area contributed by atoms with Gasteiger partial charge in [0, 0.05) is 11.5 Å². The van der Waals surface area contributed by atoms with Crippen LogP contribution in [0.2, 0.25) is 4.34 Å². The van der Waals surface area contributed by atoms with Gasteiger partial charge in [-0.2, -0.15) is 0 Å². The minimum atomic E-state index is -3.39. The third-order valence-corrected chi connectivity index (χ3v) is 6.46. The summed E-state index contributed by atoms with van der Waals surface area (Å²) in [4.78, 5) is 29.3. The molecular weight excluding hydrogens is 436 g/mol. The molecule has 0 bridgehead atoms. The van der Waals surface area contributed by atoms with Gasteiger partial charge in [0.15, 0.2) is 10.9 Å². The smallest absolute Gasteiger partial charge is 0.307 e. The van der Waals surface area contributed by atoms with E-state index < -0.39 is 16.1 Å². The highest BCUT2D eigenvalue weighted by atomic mass is 35.5. The van der Waals surface area contributed by atoms with Crippen LogP contribution in [0.25, 0.3) is 0 Å². The Balaban J connectivity index is 1.66. The second-order valence-electron chi connectivity index (χ2n) is 6.80. The summed E-state index contributed by atoms with van der Waals surface area (Å²) in [6.07, 6.45) is 4.88. The lowest BCUT2D eigenvalue weighted by Crippen LogP contribution is -2.23. The number of carbonyl (C=O) groups excluding carboxylic acids is 2. The zero-order chi connectivity index (χ0) is 21.0. The first-order valence-electron chi connectivity index (χ1n) is 9.04. The summed E-state index contributed by atoms with van der Waals surface area (Å²) in [6, 6.07) is 6.34. The molecule has 2 amide bonds. The largest absolute Gasteiger partial charge is 0.325 e. The fraction of sp³-hybridized carbons (Fsp3) is 0.389. The molecule has 0 unspecified atom stereocenters. The topological polar surface area (TPSA) is 117 Å². The first-order chi connectivity index (χ1) is 13.7. The molecule has 0 atom stereocenters. The van der Waals surface area contributed by atoms with Gasteiger partial charge in [-0.05, 0) is 25.0 Å². The number of sulfonamides is 1. The van der Waals surface area contributed by atoms with Gasteiger partial charge in [-0.25, -0.2) is 22.9 Å². The number of ketones is 1. The Morgan fingerprint density at radius 3 is 2.59 bits per heavy atom. The molecule has 1 aromatic heterocycles. The molecule has 0 aliphatic heterocycles. The number of benzene rings is 1. The van der Waals surface area contributed by atoms with E-state index in [1.165, 1.54) is 0 Å². The third-order valence-electron chi connectivity index (χ3n) is 4.54. The second-order valence-corrected chi connectivity index (χ2v) is 10.2. The van der Waals surface area contributed by atoms with Gasteiger partial charge < -0.3 is 5.32 Å². The van der Waals surface area contributed by atoms with Crippen molar-refractivity contribution in [2.45, 2.75) is 32.2 Å². The van der Waals surface area contributed by atoms with E-state index in [9.17, 15) is 18.0 Å². The number of amides is 2. The number of hydrogen-bond acceptors (Lipinski definition) is 6. The fourth-order valence-electron chi connectivity index (χ4n) is 3.16. The lowest BCUT2D eigenvalue weighted by Gasteiger charge is -2.13.